The van der Waals surface area contributed by atoms with Gasteiger partial charge in [-0.05, 0) is 43.9 Å². The predicted molar refractivity (Wildman–Crippen MR) is 118 cm³/mol. The molecule has 2 N–H and O–H groups in total. The van der Waals surface area contributed by atoms with Crippen LogP contribution < -0.4 is 10.2 Å². The summed E-state index contributed by atoms with van der Waals surface area (Å²) in [5, 5.41) is 13.9. The molecule has 0 radical (unpaired) electrons. The molecule has 1 fully saturated rings. The number of Topliss-reactive ketones (excluding diaryl/α,β-unsaturated/α-hetero) is 1. The number of rotatable bonds is 8. The molecule has 158 valence electrons. The summed E-state index contributed by atoms with van der Waals surface area (Å²) in [5.74, 6) is 0.938. The summed E-state index contributed by atoms with van der Waals surface area (Å²) < 4.78 is 2.31. The number of fused-ring (bicyclic) bond motifs is 1. The van der Waals surface area contributed by atoms with E-state index in [-0.39, 0.29) is 5.78 Å². The highest BCUT2D eigenvalue weighted by Crippen LogP contribution is 2.23. The minimum atomic E-state index is -0.514. The fraction of sp³-hybridized carbons (Fsp3) is 0.435. The number of aliphatic hydroxyl groups excluding tert-OH is 1. The van der Waals surface area contributed by atoms with Gasteiger partial charge < -0.3 is 19.9 Å². The van der Waals surface area contributed by atoms with E-state index in [4.69, 9.17) is 5.11 Å². The minimum Gasteiger partial charge on any atom is -0.388 e. The normalized spacial score (nSPS) is 15.1. The second kappa shape index (κ2) is 9.36. The minimum absolute atomic E-state index is 0.352. The molecule has 3 heterocycles. The lowest BCUT2D eigenvalue weighted by atomic mass is 9.97. The summed E-state index contributed by atoms with van der Waals surface area (Å²) in [6.45, 7) is 6.36. The van der Waals surface area contributed by atoms with Crippen LogP contribution in [0.25, 0.3) is 10.9 Å². The molecule has 0 spiro atoms. The Hall–Kier alpha value is -2.77. The first kappa shape index (κ1) is 20.5. The second-order valence-electron chi connectivity index (χ2n) is 7.87. The Morgan fingerprint density at radius 3 is 2.63 bits per heavy atom. The molecular formula is C23H29N5O2. The molecule has 4 rings (SSSR count). The number of piperidine rings is 1. The van der Waals surface area contributed by atoms with E-state index in [9.17, 15) is 4.79 Å². The Morgan fingerprint density at radius 1 is 1.20 bits per heavy atom. The van der Waals surface area contributed by atoms with Crippen LogP contribution in [0.1, 0.15) is 35.7 Å². The number of carbonyl (C=O) groups excluding carboxylic acids is 1. The van der Waals surface area contributed by atoms with E-state index in [1.165, 1.54) is 28.9 Å². The van der Waals surface area contributed by atoms with Crippen LogP contribution in [0, 0.1) is 5.92 Å². The zero-order chi connectivity index (χ0) is 20.9. The molecule has 3 aromatic rings. The maximum atomic E-state index is 11.5. The molecule has 2 aromatic heterocycles. The van der Waals surface area contributed by atoms with E-state index >= 15 is 0 Å². The van der Waals surface area contributed by atoms with Crippen molar-refractivity contribution >= 4 is 22.6 Å². The summed E-state index contributed by atoms with van der Waals surface area (Å²) in [4.78, 5) is 22.3. The van der Waals surface area contributed by atoms with Crippen LogP contribution in [-0.4, -0.2) is 51.7 Å². The van der Waals surface area contributed by atoms with Crippen molar-refractivity contribution in [1.29, 1.82) is 0 Å². The first-order valence-electron chi connectivity index (χ1n) is 10.7. The summed E-state index contributed by atoms with van der Waals surface area (Å²) in [6, 6.07) is 8.60. The molecule has 0 saturated carbocycles. The lowest BCUT2D eigenvalue weighted by Gasteiger charge is -2.32. The first-order chi connectivity index (χ1) is 14.7. The van der Waals surface area contributed by atoms with Crippen LogP contribution in [0.5, 0.6) is 0 Å². The summed E-state index contributed by atoms with van der Waals surface area (Å²) in [7, 11) is 0. The van der Waals surface area contributed by atoms with Crippen molar-refractivity contribution in [2.45, 2.75) is 32.9 Å². The molecule has 0 atom stereocenters. The van der Waals surface area contributed by atoms with Crippen LogP contribution in [-0.2, 0) is 13.1 Å². The van der Waals surface area contributed by atoms with E-state index in [0.29, 0.717) is 17.4 Å². The van der Waals surface area contributed by atoms with Crippen LogP contribution in [0.3, 0.4) is 0 Å². The van der Waals surface area contributed by atoms with Crippen molar-refractivity contribution < 1.29 is 9.90 Å². The smallest absolute Gasteiger partial charge is 0.225 e. The molecule has 1 aromatic carbocycles. The average molecular weight is 408 g/mol. The monoisotopic (exact) mass is 407 g/mol. The number of carbonyl (C=O) groups is 1. The third-order valence-electron chi connectivity index (χ3n) is 5.96. The Morgan fingerprint density at radius 2 is 1.93 bits per heavy atom. The van der Waals surface area contributed by atoms with E-state index < -0.39 is 6.61 Å². The van der Waals surface area contributed by atoms with Gasteiger partial charge in [-0.3, -0.25) is 4.79 Å². The number of nitrogens with zero attached hydrogens (tertiary/aromatic N) is 4. The molecule has 0 unspecified atom stereocenters. The van der Waals surface area contributed by atoms with Crippen molar-refractivity contribution in [2.75, 3.05) is 31.1 Å². The van der Waals surface area contributed by atoms with Crippen LogP contribution in [0.15, 0.2) is 42.9 Å². The van der Waals surface area contributed by atoms with Gasteiger partial charge in [-0.25, -0.2) is 9.97 Å². The summed E-state index contributed by atoms with van der Waals surface area (Å²) in [5.41, 5.74) is 3.01. The van der Waals surface area contributed by atoms with Gasteiger partial charge in [0.15, 0.2) is 5.78 Å². The maximum Gasteiger partial charge on any atom is 0.225 e. The van der Waals surface area contributed by atoms with Gasteiger partial charge in [0.2, 0.25) is 5.95 Å². The topological polar surface area (TPSA) is 83.3 Å². The van der Waals surface area contributed by atoms with Gasteiger partial charge in [0.25, 0.3) is 0 Å². The fourth-order valence-corrected chi connectivity index (χ4v) is 4.19. The summed E-state index contributed by atoms with van der Waals surface area (Å²) >= 11 is 0. The second-order valence-corrected chi connectivity index (χ2v) is 7.87. The Balaban J connectivity index is 1.27. The van der Waals surface area contributed by atoms with Gasteiger partial charge in [0.1, 0.15) is 6.61 Å². The number of para-hydroxylation sites is 1. The molecule has 7 heteroatoms. The maximum absolute atomic E-state index is 11.5. The highest BCUT2D eigenvalue weighted by atomic mass is 16.3. The Labute approximate surface area is 176 Å². The summed E-state index contributed by atoms with van der Waals surface area (Å²) in [6.07, 6.45) is 7.44. The quantitative estimate of drug-likeness (QED) is 0.559. The molecule has 0 amide bonds. The molecule has 1 aliphatic rings. The van der Waals surface area contributed by atoms with Crippen LogP contribution in [0.4, 0.5) is 5.95 Å². The molecule has 1 aliphatic heterocycles. The number of aryl methyl sites for hydroxylation is 1. The number of aliphatic hydroxyl groups is 1. The third-order valence-corrected chi connectivity index (χ3v) is 5.96. The zero-order valence-corrected chi connectivity index (χ0v) is 17.4. The standard InChI is InChI=1S/C23H29N5O2/c1-2-27-15-19(20-5-3-4-6-21(20)27)12-24-11-17-7-9-28(10-8-17)23-25-13-18(14-26-23)22(30)16-29/h3-6,13-15,17,24,29H,2,7-12,16H2,1H3. The van der Waals surface area contributed by atoms with Gasteiger partial charge in [0.05, 0.1) is 5.56 Å². The number of benzene rings is 1. The number of hydrogen-bond donors (Lipinski definition) is 2. The largest absolute Gasteiger partial charge is 0.388 e. The predicted octanol–water partition coefficient (Wildman–Crippen LogP) is 2.63. The van der Waals surface area contributed by atoms with Crippen LogP contribution in [0.2, 0.25) is 0 Å². The van der Waals surface area contributed by atoms with Crippen molar-refractivity contribution in [1.82, 2.24) is 19.9 Å². The lowest BCUT2D eigenvalue weighted by molar-refractivity contribution is 0.0903. The number of anilines is 1. The van der Waals surface area contributed by atoms with Gasteiger partial charge in [0, 0.05) is 55.7 Å². The number of ketones is 1. The highest BCUT2D eigenvalue weighted by molar-refractivity contribution is 5.96. The molecule has 0 aliphatic carbocycles. The van der Waals surface area contributed by atoms with Crippen LogP contribution >= 0.6 is 0 Å². The molecule has 1 saturated heterocycles. The Kier molecular flexibility index (Phi) is 6.40. The van der Waals surface area contributed by atoms with E-state index in [2.05, 4.69) is 62.1 Å². The Bertz CT molecular complexity index is 991. The van der Waals surface area contributed by atoms with Gasteiger partial charge in [-0.1, -0.05) is 18.2 Å². The number of nitrogens with one attached hydrogen (secondary N) is 1. The third kappa shape index (κ3) is 4.37. The van der Waals surface area contributed by atoms with Crippen molar-refractivity contribution in [3.05, 3.63) is 54.0 Å². The average Bonchev–Trinajstić information content (AvgIpc) is 3.17. The van der Waals surface area contributed by atoms with Gasteiger partial charge in [-0.2, -0.15) is 0 Å². The van der Waals surface area contributed by atoms with E-state index in [1.54, 1.807) is 0 Å². The molecule has 0 bridgehead atoms. The van der Waals surface area contributed by atoms with E-state index in [0.717, 1.165) is 45.6 Å². The molecule has 7 nitrogen and oxygen atoms in total. The van der Waals surface area contributed by atoms with Gasteiger partial charge >= 0.3 is 0 Å². The lowest BCUT2D eigenvalue weighted by Crippen LogP contribution is -2.38. The van der Waals surface area contributed by atoms with Crippen molar-refractivity contribution in [2.24, 2.45) is 5.92 Å². The molecular weight excluding hydrogens is 378 g/mol. The SMILES string of the molecule is CCn1cc(CNCC2CCN(c3ncc(C(=O)CO)cn3)CC2)c2ccccc21. The van der Waals surface area contributed by atoms with Gasteiger partial charge in [-0.15, -0.1) is 0 Å². The van der Waals surface area contributed by atoms with Crippen molar-refractivity contribution in [3.8, 4) is 0 Å². The first-order valence-corrected chi connectivity index (χ1v) is 10.7. The number of aromatic nitrogens is 3. The van der Waals surface area contributed by atoms with E-state index in [1.807, 2.05) is 0 Å². The zero-order valence-electron chi connectivity index (χ0n) is 17.4. The van der Waals surface area contributed by atoms with Crippen molar-refractivity contribution in [3.63, 3.8) is 0 Å². The number of hydrogen-bond acceptors (Lipinski definition) is 6. The highest BCUT2D eigenvalue weighted by Gasteiger charge is 2.21. The fourth-order valence-electron chi connectivity index (χ4n) is 4.19. The molecule has 30 heavy (non-hydrogen) atoms.